The molecule has 0 saturated heterocycles. The van der Waals surface area contributed by atoms with Crippen molar-refractivity contribution in [3.63, 3.8) is 0 Å². The van der Waals surface area contributed by atoms with Gasteiger partial charge in [-0.15, -0.1) is 0 Å². The molecule has 2 heteroatoms. The fourth-order valence-corrected chi connectivity index (χ4v) is 1.61. The predicted molar refractivity (Wildman–Crippen MR) is 68.6 cm³/mol. The highest BCUT2D eigenvalue weighted by Gasteiger charge is 2.25. The number of rotatable bonds is 5. The van der Waals surface area contributed by atoms with Crippen LogP contribution in [0, 0.1) is 5.41 Å². The molecule has 0 fully saturated rings. The van der Waals surface area contributed by atoms with E-state index < -0.39 is 0 Å². The third-order valence-corrected chi connectivity index (χ3v) is 3.30. The summed E-state index contributed by atoms with van der Waals surface area (Å²) in [6, 6.07) is 8.18. The zero-order chi connectivity index (χ0) is 12.2. The van der Waals surface area contributed by atoms with E-state index >= 15 is 0 Å². The molecule has 0 aliphatic heterocycles. The zero-order valence-electron chi connectivity index (χ0n) is 10.8. The van der Waals surface area contributed by atoms with Crippen molar-refractivity contribution in [3.8, 4) is 5.75 Å². The molecule has 16 heavy (non-hydrogen) atoms. The maximum absolute atomic E-state index is 6.27. The average molecular weight is 221 g/mol. The van der Waals surface area contributed by atoms with Gasteiger partial charge in [0.1, 0.15) is 5.75 Å². The summed E-state index contributed by atoms with van der Waals surface area (Å²) in [5.41, 5.74) is 7.57. The van der Waals surface area contributed by atoms with Gasteiger partial charge in [-0.1, -0.05) is 32.9 Å². The summed E-state index contributed by atoms with van der Waals surface area (Å²) in [4.78, 5) is 0. The molecular formula is C14H23NO. The summed E-state index contributed by atoms with van der Waals surface area (Å²) < 4.78 is 5.41. The SMILES string of the molecule is CCOc1ccc(C(N)C(C)(C)CC)cc1. The molecule has 0 radical (unpaired) electrons. The van der Waals surface area contributed by atoms with Gasteiger partial charge >= 0.3 is 0 Å². The van der Waals surface area contributed by atoms with Crippen LogP contribution in [0.4, 0.5) is 0 Å². The first-order chi connectivity index (χ1) is 7.51. The van der Waals surface area contributed by atoms with Gasteiger partial charge in [0.25, 0.3) is 0 Å². The highest BCUT2D eigenvalue weighted by Crippen LogP contribution is 2.34. The van der Waals surface area contributed by atoms with Gasteiger partial charge in [0, 0.05) is 6.04 Å². The molecule has 1 rings (SSSR count). The first-order valence-electron chi connectivity index (χ1n) is 5.99. The third kappa shape index (κ3) is 2.99. The van der Waals surface area contributed by atoms with Gasteiger partial charge in [-0.3, -0.25) is 0 Å². The van der Waals surface area contributed by atoms with Crippen molar-refractivity contribution in [2.24, 2.45) is 11.1 Å². The zero-order valence-corrected chi connectivity index (χ0v) is 10.8. The quantitative estimate of drug-likeness (QED) is 0.825. The lowest BCUT2D eigenvalue weighted by atomic mass is 9.79. The Morgan fingerprint density at radius 1 is 1.19 bits per heavy atom. The van der Waals surface area contributed by atoms with Gasteiger partial charge in [0.05, 0.1) is 6.61 Å². The second-order valence-electron chi connectivity index (χ2n) is 4.82. The van der Waals surface area contributed by atoms with Gasteiger partial charge in [0.2, 0.25) is 0 Å². The highest BCUT2D eigenvalue weighted by atomic mass is 16.5. The van der Waals surface area contributed by atoms with E-state index in [0.29, 0.717) is 6.61 Å². The lowest BCUT2D eigenvalue weighted by molar-refractivity contribution is 0.278. The van der Waals surface area contributed by atoms with Gasteiger partial charge in [-0.2, -0.15) is 0 Å². The van der Waals surface area contributed by atoms with Crippen LogP contribution in [0.5, 0.6) is 5.75 Å². The Balaban J connectivity index is 2.81. The molecule has 0 heterocycles. The molecule has 0 bridgehead atoms. The molecule has 90 valence electrons. The molecule has 0 aliphatic carbocycles. The van der Waals surface area contributed by atoms with E-state index in [1.54, 1.807) is 0 Å². The fourth-order valence-electron chi connectivity index (χ4n) is 1.61. The van der Waals surface area contributed by atoms with E-state index in [-0.39, 0.29) is 11.5 Å². The van der Waals surface area contributed by atoms with E-state index in [1.165, 1.54) is 5.56 Å². The lowest BCUT2D eigenvalue weighted by Gasteiger charge is -2.30. The summed E-state index contributed by atoms with van der Waals surface area (Å²) in [5.74, 6) is 0.910. The molecular weight excluding hydrogens is 198 g/mol. The number of hydrogen-bond donors (Lipinski definition) is 1. The standard InChI is InChI=1S/C14H23NO/c1-5-14(3,4)13(15)11-7-9-12(10-8-11)16-6-2/h7-10,13H,5-6,15H2,1-4H3. The van der Waals surface area contributed by atoms with Gasteiger partial charge in [0.15, 0.2) is 0 Å². The Bertz CT molecular complexity index is 316. The first-order valence-corrected chi connectivity index (χ1v) is 5.99. The van der Waals surface area contributed by atoms with Crippen LogP contribution >= 0.6 is 0 Å². The molecule has 1 aromatic rings. The monoisotopic (exact) mass is 221 g/mol. The van der Waals surface area contributed by atoms with E-state index in [2.05, 4.69) is 32.9 Å². The van der Waals surface area contributed by atoms with E-state index in [1.807, 2.05) is 19.1 Å². The summed E-state index contributed by atoms with van der Waals surface area (Å²) >= 11 is 0. The Hall–Kier alpha value is -1.02. The van der Waals surface area contributed by atoms with Crippen molar-refractivity contribution in [2.45, 2.75) is 40.2 Å². The van der Waals surface area contributed by atoms with Gasteiger partial charge < -0.3 is 10.5 Å². The van der Waals surface area contributed by atoms with Crippen molar-refractivity contribution in [1.29, 1.82) is 0 Å². The van der Waals surface area contributed by atoms with Crippen LogP contribution in [-0.2, 0) is 0 Å². The van der Waals surface area contributed by atoms with Crippen LogP contribution in [0.15, 0.2) is 24.3 Å². The van der Waals surface area contributed by atoms with Crippen molar-refractivity contribution in [1.82, 2.24) is 0 Å². The molecule has 0 aromatic heterocycles. The van der Waals surface area contributed by atoms with Gasteiger partial charge in [-0.25, -0.2) is 0 Å². The van der Waals surface area contributed by atoms with Crippen LogP contribution in [0.2, 0.25) is 0 Å². The van der Waals surface area contributed by atoms with E-state index in [0.717, 1.165) is 12.2 Å². The topological polar surface area (TPSA) is 35.2 Å². The fraction of sp³-hybridized carbons (Fsp3) is 0.571. The van der Waals surface area contributed by atoms with E-state index in [4.69, 9.17) is 10.5 Å². The normalized spacial score (nSPS) is 13.6. The summed E-state index contributed by atoms with van der Waals surface area (Å²) in [7, 11) is 0. The second-order valence-corrected chi connectivity index (χ2v) is 4.82. The Labute approximate surface area is 98.8 Å². The van der Waals surface area contributed by atoms with Crippen LogP contribution in [0.3, 0.4) is 0 Å². The summed E-state index contributed by atoms with van der Waals surface area (Å²) in [6.07, 6.45) is 1.07. The Kier molecular flexibility index (Phi) is 4.36. The van der Waals surface area contributed by atoms with Gasteiger partial charge in [-0.05, 0) is 36.5 Å². The van der Waals surface area contributed by atoms with Crippen molar-refractivity contribution in [3.05, 3.63) is 29.8 Å². The molecule has 0 saturated carbocycles. The van der Waals surface area contributed by atoms with Crippen molar-refractivity contribution < 1.29 is 4.74 Å². The number of ether oxygens (including phenoxy) is 1. The minimum Gasteiger partial charge on any atom is -0.494 e. The maximum Gasteiger partial charge on any atom is 0.119 e. The summed E-state index contributed by atoms with van der Waals surface area (Å²) in [6.45, 7) is 9.27. The smallest absolute Gasteiger partial charge is 0.119 e. The minimum absolute atomic E-state index is 0.0770. The van der Waals surface area contributed by atoms with Crippen LogP contribution in [-0.4, -0.2) is 6.61 Å². The molecule has 0 aliphatic rings. The van der Waals surface area contributed by atoms with E-state index in [9.17, 15) is 0 Å². The molecule has 1 aromatic carbocycles. The number of benzene rings is 1. The predicted octanol–water partition coefficient (Wildman–Crippen LogP) is 3.52. The average Bonchev–Trinajstić information content (AvgIpc) is 2.29. The molecule has 2 nitrogen and oxygen atoms in total. The second kappa shape index (κ2) is 5.35. The third-order valence-electron chi connectivity index (χ3n) is 3.30. The van der Waals surface area contributed by atoms with Crippen LogP contribution < -0.4 is 10.5 Å². The number of hydrogen-bond acceptors (Lipinski definition) is 2. The Morgan fingerprint density at radius 2 is 1.75 bits per heavy atom. The molecule has 0 spiro atoms. The van der Waals surface area contributed by atoms with Crippen LogP contribution in [0.1, 0.15) is 45.7 Å². The number of nitrogens with two attached hydrogens (primary N) is 1. The van der Waals surface area contributed by atoms with Crippen LogP contribution in [0.25, 0.3) is 0 Å². The van der Waals surface area contributed by atoms with Crippen molar-refractivity contribution in [2.75, 3.05) is 6.61 Å². The summed E-state index contributed by atoms with van der Waals surface area (Å²) in [5, 5.41) is 0. The minimum atomic E-state index is 0.0770. The molecule has 0 amide bonds. The van der Waals surface area contributed by atoms with Crippen molar-refractivity contribution >= 4 is 0 Å². The first kappa shape index (κ1) is 13.0. The lowest BCUT2D eigenvalue weighted by Crippen LogP contribution is -2.28. The molecule has 1 atom stereocenters. The molecule has 1 unspecified atom stereocenters. The largest absolute Gasteiger partial charge is 0.494 e. The molecule has 2 N–H and O–H groups in total. The highest BCUT2D eigenvalue weighted by molar-refractivity contribution is 5.29. The Morgan fingerprint density at radius 3 is 2.19 bits per heavy atom. The maximum atomic E-state index is 6.27.